The lowest BCUT2D eigenvalue weighted by atomic mass is 9.45. The summed E-state index contributed by atoms with van der Waals surface area (Å²) in [7, 11) is 0. The molecule has 0 saturated heterocycles. The van der Waals surface area contributed by atoms with E-state index in [0.717, 1.165) is 56.8 Å². The second-order valence-corrected chi connectivity index (χ2v) is 11.7. The van der Waals surface area contributed by atoms with Crippen LogP contribution < -0.4 is 0 Å². The molecule has 4 aliphatic rings. The Balaban J connectivity index is 1.36. The molecule has 4 rings (SSSR count). The Morgan fingerprint density at radius 3 is 2.62 bits per heavy atom. The number of carbonyl (C=O) groups is 2. The second-order valence-electron chi connectivity index (χ2n) is 11.7. The molecule has 0 aromatic carbocycles. The molecule has 4 aliphatic carbocycles. The van der Waals surface area contributed by atoms with Gasteiger partial charge in [0.1, 0.15) is 11.9 Å². The average molecular weight is 403 g/mol. The monoisotopic (exact) mass is 402 g/mol. The van der Waals surface area contributed by atoms with Crippen LogP contribution in [-0.4, -0.2) is 17.9 Å². The summed E-state index contributed by atoms with van der Waals surface area (Å²) >= 11 is 0. The molecule has 0 amide bonds. The van der Waals surface area contributed by atoms with Crippen LogP contribution in [0.25, 0.3) is 0 Å². The zero-order chi connectivity index (χ0) is 20.8. The molecule has 0 bridgehead atoms. The standard InChI is InChI=1S/C26H42O3/c1-17(2)6-5-7-24(28)29-19-12-14-25(3)18(16-19)8-9-20-21-10-11-23(27)26(21,4)15-13-22(20)25/h17-22H,5-16H2,1-4H3/t18?,19-,20-,21-,22-,25-,26-/m0/s1. The molecule has 29 heavy (non-hydrogen) atoms. The molecular weight excluding hydrogens is 360 g/mol. The van der Waals surface area contributed by atoms with Crippen LogP contribution in [0.3, 0.4) is 0 Å². The molecule has 0 N–H and O–H groups in total. The smallest absolute Gasteiger partial charge is 0.306 e. The predicted molar refractivity (Wildman–Crippen MR) is 115 cm³/mol. The van der Waals surface area contributed by atoms with Gasteiger partial charge in [-0.3, -0.25) is 9.59 Å². The molecule has 3 heteroatoms. The van der Waals surface area contributed by atoms with Crippen LogP contribution in [0.5, 0.6) is 0 Å². The number of ether oxygens (including phenoxy) is 1. The highest BCUT2D eigenvalue weighted by Crippen LogP contribution is 2.65. The first kappa shape index (κ1) is 21.4. The Morgan fingerprint density at radius 1 is 1.07 bits per heavy atom. The first-order chi connectivity index (χ1) is 13.7. The Hall–Kier alpha value is -0.860. The van der Waals surface area contributed by atoms with Crippen molar-refractivity contribution in [3.8, 4) is 0 Å². The quantitative estimate of drug-likeness (QED) is 0.504. The van der Waals surface area contributed by atoms with Crippen molar-refractivity contribution in [2.75, 3.05) is 0 Å². The third kappa shape index (κ3) is 3.81. The van der Waals surface area contributed by atoms with Gasteiger partial charge in [0.25, 0.3) is 0 Å². The highest BCUT2D eigenvalue weighted by atomic mass is 16.5. The van der Waals surface area contributed by atoms with Crippen molar-refractivity contribution in [1.29, 1.82) is 0 Å². The van der Waals surface area contributed by atoms with Gasteiger partial charge in [0, 0.05) is 18.3 Å². The van der Waals surface area contributed by atoms with Crippen LogP contribution in [0, 0.1) is 40.4 Å². The second kappa shape index (κ2) is 8.00. The van der Waals surface area contributed by atoms with E-state index in [4.69, 9.17) is 4.74 Å². The molecule has 0 aliphatic heterocycles. The van der Waals surface area contributed by atoms with E-state index in [1.165, 1.54) is 25.7 Å². The van der Waals surface area contributed by atoms with Gasteiger partial charge >= 0.3 is 5.97 Å². The minimum Gasteiger partial charge on any atom is -0.462 e. The van der Waals surface area contributed by atoms with Crippen LogP contribution in [0.2, 0.25) is 0 Å². The molecule has 0 aromatic rings. The Bertz CT molecular complexity index is 640. The van der Waals surface area contributed by atoms with Crippen molar-refractivity contribution < 1.29 is 14.3 Å². The van der Waals surface area contributed by atoms with Gasteiger partial charge < -0.3 is 4.74 Å². The van der Waals surface area contributed by atoms with E-state index >= 15 is 0 Å². The van der Waals surface area contributed by atoms with Crippen molar-refractivity contribution in [3.63, 3.8) is 0 Å². The number of hydrogen-bond acceptors (Lipinski definition) is 3. The Labute approximate surface area is 177 Å². The molecular formula is C26H42O3. The van der Waals surface area contributed by atoms with E-state index in [1.54, 1.807) is 0 Å². The van der Waals surface area contributed by atoms with E-state index in [0.29, 0.717) is 35.4 Å². The molecule has 0 spiro atoms. The summed E-state index contributed by atoms with van der Waals surface area (Å²) in [5.74, 6) is 4.05. The fraction of sp³-hybridized carbons (Fsp3) is 0.923. The number of hydrogen-bond donors (Lipinski definition) is 0. The van der Waals surface area contributed by atoms with E-state index < -0.39 is 0 Å². The minimum atomic E-state index is -0.0208. The highest BCUT2D eigenvalue weighted by Gasteiger charge is 2.60. The molecule has 0 heterocycles. The molecule has 0 aromatic heterocycles. The number of ketones is 1. The summed E-state index contributed by atoms with van der Waals surface area (Å²) < 4.78 is 5.92. The van der Waals surface area contributed by atoms with E-state index in [-0.39, 0.29) is 17.5 Å². The maximum absolute atomic E-state index is 12.6. The van der Waals surface area contributed by atoms with Crippen LogP contribution in [0.15, 0.2) is 0 Å². The normalized spacial score (nSPS) is 44.2. The van der Waals surface area contributed by atoms with Gasteiger partial charge in [-0.2, -0.15) is 0 Å². The summed E-state index contributed by atoms with van der Waals surface area (Å²) in [5, 5.41) is 0. The summed E-state index contributed by atoms with van der Waals surface area (Å²) in [6.07, 6.45) is 12.9. The summed E-state index contributed by atoms with van der Waals surface area (Å²) in [4.78, 5) is 24.9. The van der Waals surface area contributed by atoms with Gasteiger partial charge in [-0.1, -0.05) is 34.1 Å². The van der Waals surface area contributed by atoms with Gasteiger partial charge in [-0.15, -0.1) is 0 Å². The van der Waals surface area contributed by atoms with E-state index in [9.17, 15) is 9.59 Å². The molecule has 4 saturated carbocycles. The van der Waals surface area contributed by atoms with Gasteiger partial charge in [-0.05, 0) is 92.8 Å². The SMILES string of the molecule is CC(C)CCCC(=O)O[C@H]1CC[C@@]2(C)C(CC[C@@H]3[C@@H]2CC[C@]2(C)C(=O)CC[C@@H]32)C1. The molecule has 4 fully saturated rings. The third-order valence-electron chi connectivity index (χ3n) is 9.79. The molecule has 164 valence electrons. The summed E-state index contributed by atoms with van der Waals surface area (Å²) in [6.45, 7) is 9.22. The van der Waals surface area contributed by atoms with Gasteiger partial charge in [0.2, 0.25) is 0 Å². The fourth-order valence-electron chi connectivity index (χ4n) is 8.00. The van der Waals surface area contributed by atoms with E-state index in [2.05, 4.69) is 27.7 Å². The van der Waals surface area contributed by atoms with E-state index in [1.807, 2.05) is 0 Å². The van der Waals surface area contributed by atoms with Crippen molar-refractivity contribution in [3.05, 3.63) is 0 Å². The molecule has 7 atom stereocenters. The zero-order valence-electron chi connectivity index (χ0n) is 19.2. The van der Waals surface area contributed by atoms with Crippen molar-refractivity contribution in [2.45, 2.75) is 111 Å². The zero-order valence-corrected chi connectivity index (χ0v) is 19.2. The highest BCUT2D eigenvalue weighted by molar-refractivity contribution is 5.87. The van der Waals surface area contributed by atoms with Crippen LogP contribution in [0.1, 0.15) is 105 Å². The largest absolute Gasteiger partial charge is 0.462 e. The van der Waals surface area contributed by atoms with Crippen molar-refractivity contribution in [2.24, 2.45) is 40.4 Å². The lowest BCUT2D eigenvalue weighted by molar-refractivity contribution is -0.162. The van der Waals surface area contributed by atoms with Gasteiger partial charge in [0.05, 0.1) is 0 Å². The number of esters is 1. The Kier molecular flexibility index (Phi) is 5.90. The lowest BCUT2D eigenvalue weighted by Crippen LogP contribution is -2.54. The Morgan fingerprint density at radius 2 is 1.86 bits per heavy atom. The minimum absolute atomic E-state index is 0.0193. The maximum Gasteiger partial charge on any atom is 0.306 e. The molecule has 1 unspecified atom stereocenters. The number of carbonyl (C=O) groups excluding carboxylic acids is 2. The van der Waals surface area contributed by atoms with Gasteiger partial charge in [-0.25, -0.2) is 0 Å². The van der Waals surface area contributed by atoms with Gasteiger partial charge in [0.15, 0.2) is 0 Å². The fourth-order valence-corrected chi connectivity index (χ4v) is 8.00. The van der Waals surface area contributed by atoms with Crippen LogP contribution >= 0.6 is 0 Å². The average Bonchev–Trinajstić information content (AvgIpc) is 2.97. The molecule has 3 nitrogen and oxygen atoms in total. The number of fused-ring (bicyclic) bond motifs is 5. The third-order valence-corrected chi connectivity index (χ3v) is 9.79. The maximum atomic E-state index is 12.6. The topological polar surface area (TPSA) is 43.4 Å². The first-order valence-corrected chi connectivity index (χ1v) is 12.5. The lowest BCUT2D eigenvalue weighted by Gasteiger charge is -2.60. The van der Waals surface area contributed by atoms with Crippen LogP contribution in [0.4, 0.5) is 0 Å². The van der Waals surface area contributed by atoms with Crippen LogP contribution in [-0.2, 0) is 14.3 Å². The predicted octanol–water partition coefficient (Wildman–Crippen LogP) is 6.34. The van der Waals surface area contributed by atoms with Crippen molar-refractivity contribution >= 4 is 11.8 Å². The molecule has 0 radical (unpaired) electrons. The summed E-state index contributed by atoms with van der Waals surface area (Å²) in [6, 6.07) is 0. The number of Topliss-reactive ketones (excluding diaryl/α,β-unsaturated/α-hetero) is 1. The first-order valence-electron chi connectivity index (χ1n) is 12.5. The van der Waals surface area contributed by atoms with Crippen molar-refractivity contribution in [1.82, 2.24) is 0 Å². The number of rotatable bonds is 5. The summed E-state index contributed by atoms with van der Waals surface area (Å²) in [5.41, 5.74) is 0.365.